The van der Waals surface area contributed by atoms with Crippen molar-refractivity contribution in [1.82, 2.24) is 9.21 Å². The van der Waals surface area contributed by atoms with Gasteiger partial charge in [-0.1, -0.05) is 26.7 Å². The van der Waals surface area contributed by atoms with E-state index in [1.165, 1.54) is 35.3 Å². The Morgan fingerprint density at radius 2 is 1.77 bits per heavy atom. The quantitative estimate of drug-likeness (QED) is 0.428. The molecule has 1 atom stereocenters. The number of hydrogen-bond donors (Lipinski definition) is 1. The smallest absolute Gasteiger partial charge is 0.293 e. The van der Waals surface area contributed by atoms with E-state index in [1.807, 2.05) is 0 Å². The molecule has 0 bridgehead atoms. The standard InChI is InChI=1S/C21H34N4O5S/c1-3-17(4-2)21(23-9-5-6-10-23)16-22-19-8-7-18(15-20(19)25(26)27)31(28,29)24-11-13-30-14-12-24/h7-8,15,17,21-22H,3-6,9-14,16H2,1-2H3. The number of nitro groups is 1. The molecule has 10 heteroatoms. The Kier molecular flexibility index (Phi) is 8.26. The highest BCUT2D eigenvalue weighted by atomic mass is 32.2. The molecule has 0 amide bonds. The van der Waals surface area contributed by atoms with E-state index in [1.54, 1.807) is 0 Å². The largest absolute Gasteiger partial charge is 0.379 e. The highest BCUT2D eigenvalue weighted by Gasteiger charge is 2.30. The van der Waals surface area contributed by atoms with Crippen LogP contribution in [0.15, 0.2) is 23.1 Å². The van der Waals surface area contributed by atoms with Gasteiger partial charge in [0.05, 0.1) is 23.0 Å². The fourth-order valence-electron chi connectivity index (χ4n) is 4.62. The lowest BCUT2D eigenvalue weighted by molar-refractivity contribution is -0.384. The van der Waals surface area contributed by atoms with Crippen LogP contribution in [0.1, 0.15) is 39.5 Å². The highest BCUT2D eigenvalue weighted by molar-refractivity contribution is 7.89. The molecule has 3 rings (SSSR count). The van der Waals surface area contributed by atoms with Crippen molar-refractivity contribution in [2.24, 2.45) is 5.92 Å². The first kappa shape index (κ1) is 23.9. The Bertz CT molecular complexity index is 845. The van der Waals surface area contributed by atoms with E-state index >= 15 is 0 Å². The molecule has 0 spiro atoms. The summed E-state index contributed by atoms with van der Waals surface area (Å²) in [6, 6.07) is 4.46. The number of nitrogens with zero attached hydrogens (tertiary/aromatic N) is 3. The second-order valence-corrected chi connectivity index (χ2v) is 10.2. The average molecular weight is 455 g/mol. The van der Waals surface area contributed by atoms with Crippen molar-refractivity contribution < 1.29 is 18.1 Å². The Labute approximate surface area is 184 Å². The van der Waals surface area contributed by atoms with Gasteiger partial charge in [-0.3, -0.25) is 15.0 Å². The maximum Gasteiger partial charge on any atom is 0.293 e. The summed E-state index contributed by atoms with van der Waals surface area (Å²) in [4.78, 5) is 13.7. The molecule has 2 saturated heterocycles. The van der Waals surface area contributed by atoms with E-state index in [9.17, 15) is 18.5 Å². The van der Waals surface area contributed by atoms with Gasteiger partial charge in [0.2, 0.25) is 10.0 Å². The Morgan fingerprint density at radius 1 is 1.13 bits per heavy atom. The molecular formula is C21H34N4O5S. The molecular weight excluding hydrogens is 420 g/mol. The van der Waals surface area contributed by atoms with E-state index in [0.29, 0.717) is 37.4 Å². The number of likely N-dealkylation sites (tertiary alicyclic amines) is 1. The molecule has 0 aromatic heterocycles. The molecule has 0 saturated carbocycles. The number of hydrogen-bond acceptors (Lipinski definition) is 7. The van der Waals surface area contributed by atoms with Crippen LogP contribution in [-0.2, 0) is 14.8 Å². The molecule has 0 radical (unpaired) electrons. The fourth-order valence-corrected chi connectivity index (χ4v) is 6.05. The minimum atomic E-state index is -3.79. The topological polar surface area (TPSA) is 105 Å². The first-order valence-electron chi connectivity index (χ1n) is 11.2. The number of morpholine rings is 1. The number of anilines is 1. The van der Waals surface area contributed by atoms with Gasteiger partial charge in [0.1, 0.15) is 5.69 Å². The molecule has 2 aliphatic heterocycles. The van der Waals surface area contributed by atoms with Crippen LogP contribution in [0.25, 0.3) is 0 Å². The van der Waals surface area contributed by atoms with E-state index in [-0.39, 0.29) is 23.7 Å². The molecule has 2 aliphatic rings. The van der Waals surface area contributed by atoms with Gasteiger partial charge < -0.3 is 10.1 Å². The van der Waals surface area contributed by atoms with Crippen LogP contribution < -0.4 is 5.32 Å². The Hall–Kier alpha value is -1.75. The first-order chi connectivity index (χ1) is 14.9. The van der Waals surface area contributed by atoms with Crippen molar-refractivity contribution in [2.75, 3.05) is 51.3 Å². The van der Waals surface area contributed by atoms with Gasteiger partial charge in [-0.15, -0.1) is 0 Å². The summed E-state index contributed by atoms with van der Waals surface area (Å²) in [5.41, 5.74) is 0.153. The van der Waals surface area contributed by atoms with Crippen LogP contribution in [0, 0.1) is 16.0 Å². The molecule has 174 valence electrons. The van der Waals surface area contributed by atoms with Gasteiger partial charge in [0, 0.05) is 31.7 Å². The number of rotatable bonds is 10. The summed E-state index contributed by atoms with van der Waals surface area (Å²) in [7, 11) is -3.79. The molecule has 2 heterocycles. The van der Waals surface area contributed by atoms with Crippen molar-refractivity contribution in [2.45, 2.75) is 50.5 Å². The summed E-state index contributed by atoms with van der Waals surface area (Å²) in [5, 5.41) is 15.0. The van der Waals surface area contributed by atoms with Crippen LogP contribution in [0.4, 0.5) is 11.4 Å². The predicted octanol–water partition coefficient (Wildman–Crippen LogP) is 2.93. The van der Waals surface area contributed by atoms with Gasteiger partial charge in [-0.25, -0.2) is 8.42 Å². The van der Waals surface area contributed by atoms with Crippen LogP contribution in [0.2, 0.25) is 0 Å². The zero-order valence-corrected chi connectivity index (χ0v) is 19.3. The maximum absolute atomic E-state index is 12.9. The van der Waals surface area contributed by atoms with Gasteiger partial charge in [0.15, 0.2) is 0 Å². The third-order valence-corrected chi connectivity index (χ3v) is 8.37. The minimum absolute atomic E-state index is 0.0530. The minimum Gasteiger partial charge on any atom is -0.379 e. The molecule has 0 aliphatic carbocycles. The first-order valence-corrected chi connectivity index (χ1v) is 12.7. The van der Waals surface area contributed by atoms with E-state index in [0.717, 1.165) is 25.9 Å². The number of nitro benzene ring substituents is 1. The lowest BCUT2D eigenvalue weighted by atomic mass is 9.93. The normalized spacial score (nSPS) is 19.6. The van der Waals surface area contributed by atoms with E-state index in [4.69, 9.17) is 4.74 Å². The molecule has 1 unspecified atom stereocenters. The number of nitrogens with one attached hydrogen (secondary N) is 1. The molecule has 31 heavy (non-hydrogen) atoms. The van der Waals surface area contributed by atoms with Crippen molar-refractivity contribution in [3.63, 3.8) is 0 Å². The third kappa shape index (κ3) is 5.54. The zero-order valence-electron chi connectivity index (χ0n) is 18.5. The number of benzene rings is 1. The van der Waals surface area contributed by atoms with Crippen LogP contribution in [-0.4, -0.2) is 74.5 Å². The Balaban J connectivity index is 1.81. The predicted molar refractivity (Wildman–Crippen MR) is 120 cm³/mol. The summed E-state index contributed by atoms with van der Waals surface area (Å²) in [6.45, 7) is 8.25. The van der Waals surface area contributed by atoms with Gasteiger partial charge >= 0.3 is 0 Å². The van der Waals surface area contributed by atoms with Gasteiger partial charge in [-0.05, 0) is 44.0 Å². The van der Waals surface area contributed by atoms with Gasteiger partial charge in [0.25, 0.3) is 5.69 Å². The summed E-state index contributed by atoms with van der Waals surface area (Å²) < 4.78 is 32.3. The molecule has 1 aromatic rings. The van der Waals surface area contributed by atoms with Crippen LogP contribution >= 0.6 is 0 Å². The van der Waals surface area contributed by atoms with Gasteiger partial charge in [-0.2, -0.15) is 4.31 Å². The summed E-state index contributed by atoms with van der Waals surface area (Å²) in [6.07, 6.45) is 4.48. The zero-order chi connectivity index (χ0) is 22.4. The van der Waals surface area contributed by atoms with Crippen molar-refractivity contribution in [3.8, 4) is 0 Å². The van der Waals surface area contributed by atoms with Crippen molar-refractivity contribution >= 4 is 21.4 Å². The third-order valence-electron chi connectivity index (χ3n) is 6.48. The van der Waals surface area contributed by atoms with Crippen molar-refractivity contribution in [1.29, 1.82) is 0 Å². The second kappa shape index (κ2) is 10.7. The number of ether oxygens (including phenoxy) is 1. The van der Waals surface area contributed by atoms with E-state index < -0.39 is 14.9 Å². The van der Waals surface area contributed by atoms with Crippen LogP contribution in [0.5, 0.6) is 0 Å². The van der Waals surface area contributed by atoms with Crippen LogP contribution in [0.3, 0.4) is 0 Å². The number of sulfonamides is 1. The SMILES string of the molecule is CCC(CC)C(CNc1ccc(S(=O)(=O)N2CCOCC2)cc1[N+](=O)[O-])N1CCCC1. The molecule has 1 aromatic carbocycles. The highest BCUT2D eigenvalue weighted by Crippen LogP contribution is 2.30. The average Bonchev–Trinajstić information content (AvgIpc) is 3.31. The summed E-state index contributed by atoms with van der Waals surface area (Å²) >= 11 is 0. The molecule has 9 nitrogen and oxygen atoms in total. The lowest BCUT2D eigenvalue weighted by Crippen LogP contribution is -2.43. The second-order valence-electron chi connectivity index (χ2n) is 8.22. The molecule has 1 N–H and O–H groups in total. The molecule has 2 fully saturated rings. The van der Waals surface area contributed by atoms with Crippen molar-refractivity contribution in [3.05, 3.63) is 28.3 Å². The summed E-state index contributed by atoms with van der Waals surface area (Å²) in [5.74, 6) is 0.505. The monoisotopic (exact) mass is 454 g/mol. The van der Waals surface area contributed by atoms with E-state index in [2.05, 4.69) is 24.1 Å². The fraction of sp³-hybridized carbons (Fsp3) is 0.714. The Morgan fingerprint density at radius 3 is 2.35 bits per heavy atom. The maximum atomic E-state index is 12.9. The lowest BCUT2D eigenvalue weighted by Gasteiger charge is -2.34.